The number of ether oxygens (including phenoxy) is 2. The number of aryl methyl sites for hydroxylation is 1. The average molecular weight is 388 g/mol. The molecule has 1 aliphatic heterocycles. The zero-order chi connectivity index (χ0) is 17.2. The van der Waals surface area contributed by atoms with Crippen LogP contribution in [0.25, 0.3) is 0 Å². The topological polar surface area (TPSA) is 81.7 Å². The summed E-state index contributed by atoms with van der Waals surface area (Å²) < 4.78 is 38.0. The van der Waals surface area contributed by atoms with Crippen LogP contribution in [0.15, 0.2) is 35.2 Å². The molecule has 0 radical (unpaired) electrons. The van der Waals surface area contributed by atoms with E-state index in [1.165, 1.54) is 29.5 Å². The standard InChI is InChI=1S/C15H14ClNO5S2/c16-14-5-1-10(23-14)2-6-15(18)17-24(19,20)11-3-4-12-13(9-11)22-8-7-21-12/h1,3-5,9H,2,6-8H2,(H,17,18). The monoisotopic (exact) mass is 387 g/mol. The molecule has 1 N–H and O–H groups in total. The molecular weight excluding hydrogens is 374 g/mol. The van der Waals surface area contributed by atoms with Crippen LogP contribution in [-0.4, -0.2) is 27.5 Å². The normalized spacial score (nSPS) is 13.5. The Balaban J connectivity index is 1.65. The molecule has 0 fully saturated rings. The summed E-state index contributed by atoms with van der Waals surface area (Å²) in [6, 6.07) is 7.80. The molecule has 2 heterocycles. The molecule has 24 heavy (non-hydrogen) atoms. The molecule has 6 nitrogen and oxygen atoms in total. The van der Waals surface area contributed by atoms with Gasteiger partial charge in [-0.3, -0.25) is 4.79 Å². The first-order valence-electron chi connectivity index (χ1n) is 7.13. The second kappa shape index (κ2) is 7.00. The van der Waals surface area contributed by atoms with Gasteiger partial charge in [0.1, 0.15) is 13.2 Å². The van der Waals surface area contributed by atoms with E-state index >= 15 is 0 Å². The molecule has 0 aliphatic carbocycles. The largest absolute Gasteiger partial charge is 0.486 e. The van der Waals surface area contributed by atoms with Crippen LogP contribution in [0, 0.1) is 0 Å². The average Bonchev–Trinajstić information content (AvgIpc) is 2.97. The second-order valence-corrected chi connectivity index (χ2v) is 8.52. The first kappa shape index (κ1) is 17.1. The highest BCUT2D eigenvalue weighted by atomic mass is 35.5. The third kappa shape index (κ3) is 4.00. The van der Waals surface area contributed by atoms with Crippen molar-refractivity contribution in [2.24, 2.45) is 0 Å². The zero-order valence-electron chi connectivity index (χ0n) is 12.5. The number of nitrogens with one attached hydrogen (secondary N) is 1. The molecule has 9 heteroatoms. The van der Waals surface area contributed by atoms with Gasteiger partial charge >= 0.3 is 0 Å². The summed E-state index contributed by atoms with van der Waals surface area (Å²) in [6.07, 6.45) is 0.487. The first-order chi connectivity index (χ1) is 11.4. The van der Waals surface area contributed by atoms with E-state index in [2.05, 4.69) is 4.72 Å². The lowest BCUT2D eigenvalue weighted by Crippen LogP contribution is -2.30. The number of thiophene rings is 1. The summed E-state index contributed by atoms with van der Waals surface area (Å²) in [5, 5.41) is 0. The highest BCUT2D eigenvalue weighted by molar-refractivity contribution is 7.90. The Labute approximate surface area is 148 Å². The predicted octanol–water partition coefficient (Wildman–Crippen LogP) is 2.61. The van der Waals surface area contributed by atoms with Crippen LogP contribution in [0.2, 0.25) is 4.34 Å². The van der Waals surface area contributed by atoms with Crippen molar-refractivity contribution in [1.29, 1.82) is 0 Å². The van der Waals surface area contributed by atoms with Crippen LogP contribution in [-0.2, 0) is 21.2 Å². The Morgan fingerprint density at radius 3 is 2.62 bits per heavy atom. The van der Waals surface area contributed by atoms with E-state index in [1.54, 1.807) is 6.07 Å². The molecule has 0 saturated heterocycles. The fraction of sp³-hybridized carbons (Fsp3) is 0.267. The molecule has 0 unspecified atom stereocenters. The Kier molecular flexibility index (Phi) is 4.98. The van der Waals surface area contributed by atoms with Crippen LogP contribution < -0.4 is 14.2 Å². The van der Waals surface area contributed by atoms with Gasteiger partial charge in [0.05, 0.1) is 9.23 Å². The lowest BCUT2D eigenvalue weighted by atomic mass is 10.2. The molecule has 128 valence electrons. The number of hydrogen-bond donors (Lipinski definition) is 1. The van der Waals surface area contributed by atoms with E-state index in [1.807, 2.05) is 6.07 Å². The van der Waals surface area contributed by atoms with Crippen molar-refractivity contribution in [2.45, 2.75) is 17.7 Å². The van der Waals surface area contributed by atoms with Crippen molar-refractivity contribution < 1.29 is 22.7 Å². The number of benzene rings is 1. The highest BCUT2D eigenvalue weighted by Crippen LogP contribution is 2.32. The molecule has 1 aromatic heterocycles. The molecule has 0 saturated carbocycles. The molecule has 2 aromatic rings. The van der Waals surface area contributed by atoms with Gasteiger partial charge in [0, 0.05) is 17.4 Å². The molecule has 0 spiro atoms. The van der Waals surface area contributed by atoms with Gasteiger partial charge in [-0.05, 0) is 30.7 Å². The minimum Gasteiger partial charge on any atom is -0.486 e. The highest BCUT2D eigenvalue weighted by Gasteiger charge is 2.21. The van der Waals surface area contributed by atoms with Gasteiger partial charge in [0.2, 0.25) is 5.91 Å². The molecular formula is C15H14ClNO5S2. The number of hydrogen-bond acceptors (Lipinski definition) is 6. The number of fused-ring (bicyclic) bond motifs is 1. The third-order valence-corrected chi connectivity index (χ3v) is 5.96. The number of rotatable bonds is 5. The van der Waals surface area contributed by atoms with Gasteiger partial charge in [-0.15, -0.1) is 11.3 Å². The number of amides is 1. The minimum atomic E-state index is -3.95. The summed E-state index contributed by atoms with van der Waals surface area (Å²) in [6.45, 7) is 0.773. The molecule has 0 bridgehead atoms. The van der Waals surface area contributed by atoms with E-state index in [0.29, 0.717) is 35.5 Å². The van der Waals surface area contributed by atoms with Crippen molar-refractivity contribution in [1.82, 2.24) is 4.72 Å². The van der Waals surface area contributed by atoms with E-state index in [9.17, 15) is 13.2 Å². The molecule has 1 aliphatic rings. The number of halogens is 1. The molecule has 3 rings (SSSR count). The summed E-state index contributed by atoms with van der Waals surface area (Å²) in [7, 11) is -3.95. The minimum absolute atomic E-state index is 0.0423. The lowest BCUT2D eigenvalue weighted by molar-refractivity contribution is -0.119. The van der Waals surface area contributed by atoms with Crippen LogP contribution in [0.4, 0.5) is 0 Å². The smallest absolute Gasteiger partial charge is 0.264 e. The quantitative estimate of drug-likeness (QED) is 0.852. The fourth-order valence-electron chi connectivity index (χ4n) is 2.17. The van der Waals surface area contributed by atoms with Gasteiger partial charge in [-0.1, -0.05) is 11.6 Å². The van der Waals surface area contributed by atoms with Crippen molar-refractivity contribution in [2.75, 3.05) is 13.2 Å². The zero-order valence-corrected chi connectivity index (χ0v) is 14.8. The maximum Gasteiger partial charge on any atom is 0.264 e. The Bertz CT molecular complexity index is 862. The number of carbonyl (C=O) groups is 1. The number of sulfonamides is 1. The summed E-state index contributed by atoms with van der Waals surface area (Å²) >= 11 is 7.19. The van der Waals surface area contributed by atoms with Gasteiger partial charge in [0.25, 0.3) is 10.0 Å². The van der Waals surface area contributed by atoms with Crippen LogP contribution in [0.5, 0.6) is 11.5 Å². The molecule has 0 atom stereocenters. The number of carbonyl (C=O) groups excluding carboxylic acids is 1. The van der Waals surface area contributed by atoms with Gasteiger partial charge in [-0.25, -0.2) is 13.1 Å². The second-order valence-electron chi connectivity index (χ2n) is 5.04. The van der Waals surface area contributed by atoms with E-state index < -0.39 is 15.9 Å². The van der Waals surface area contributed by atoms with Crippen molar-refractivity contribution in [3.05, 3.63) is 39.5 Å². The van der Waals surface area contributed by atoms with Crippen LogP contribution in [0.3, 0.4) is 0 Å². The van der Waals surface area contributed by atoms with Crippen LogP contribution in [0.1, 0.15) is 11.3 Å². The summed E-state index contributed by atoms with van der Waals surface area (Å²) in [5.41, 5.74) is 0. The lowest BCUT2D eigenvalue weighted by Gasteiger charge is -2.18. The van der Waals surface area contributed by atoms with E-state index in [4.69, 9.17) is 21.1 Å². The fourth-order valence-corrected chi connectivity index (χ4v) is 4.29. The summed E-state index contributed by atoms with van der Waals surface area (Å²) in [4.78, 5) is 12.8. The SMILES string of the molecule is O=C(CCc1ccc(Cl)s1)NS(=O)(=O)c1ccc2c(c1)OCCO2. The van der Waals surface area contributed by atoms with Crippen molar-refractivity contribution in [3.8, 4) is 11.5 Å². The maximum absolute atomic E-state index is 12.3. The molecule has 1 aromatic carbocycles. The Morgan fingerprint density at radius 2 is 1.92 bits per heavy atom. The summed E-state index contributed by atoms with van der Waals surface area (Å²) in [5.74, 6) is 0.264. The van der Waals surface area contributed by atoms with Gasteiger partial charge in [0.15, 0.2) is 11.5 Å². The van der Waals surface area contributed by atoms with Crippen LogP contribution >= 0.6 is 22.9 Å². The Hall–Kier alpha value is -1.77. The maximum atomic E-state index is 12.3. The third-order valence-electron chi connectivity index (χ3n) is 3.30. The Morgan fingerprint density at radius 1 is 1.17 bits per heavy atom. The van der Waals surface area contributed by atoms with Gasteiger partial charge in [-0.2, -0.15) is 0 Å². The van der Waals surface area contributed by atoms with Crippen molar-refractivity contribution in [3.63, 3.8) is 0 Å². The van der Waals surface area contributed by atoms with E-state index in [0.717, 1.165) is 4.88 Å². The van der Waals surface area contributed by atoms with Crippen molar-refractivity contribution >= 4 is 38.9 Å². The van der Waals surface area contributed by atoms with E-state index in [-0.39, 0.29) is 11.3 Å². The molecule has 1 amide bonds. The predicted molar refractivity (Wildman–Crippen MR) is 90.4 cm³/mol. The first-order valence-corrected chi connectivity index (χ1v) is 9.81. The van der Waals surface area contributed by atoms with Gasteiger partial charge < -0.3 is 9.47 Å².